The Morgan fingerprint density at radius 3 is 2.50 bits per heavy atom. The van der Waals surface area contributed by atoms with Crippen molar-refractivity contribution in [2.45, 2.75) is 37.8 Å². The van der Waals surface area contributed by atoms with E-state index < -0.39 is 0 Å². The van der Waals surface area contributed by atoms with Crippen molar-refractivity contribution in [1.82, 2.24) is 25.2 Å². The molecular formula is C28H32N6O2. The minimum Gasteiger partial charge on any atom is -0.379 e. The summed E-state index contributed by atoms with van der Waals surface area (Å²) in [6, 6.07) is 15.2. The molecule has 4 aromatic rings. The van der Waals surface area contributed by atoms with Crippen molar-refractivity contribution >= 4 is 33.7 Å². The van der Waals surface area contributed by atoms with Crippen molar-refractivity contribution in [3.63, 3.8) is 0 Å². The highest BCUT2D eigenvalue weighted by Crippen LogP contribution is 2.34. The molecule has 8 heteroatoms. The van der Waals surface area contributed by atoms with Gasteiger partial charge in [-0.1, -0.05) is 18.2 Å². The highest BCUT2D eigenvalue weighted by Gasteiger charge is 2.27. The molecule has 2 aromatic heterocycles. The van der Waals surface area contributed by atoms with Gasteiger partial charge < -0.3 is 20.4 Å². The predicted octanol–water partition coefficient (Wildman–Crippen LogP) is 4.19. The van der Waals surface area contributed by atoms with Crippen LogP contribution in [0.15, 0.2) is 48.8 Å². The van der Waals surface area contributed by atoms with E-state index in [9.17, 15) is 4.79 Å². The Bertz CT molecular complexity index is 1370. The van der Waals surface area contributed by atoms with Gasteiger partial charge in [0.15, 0.2) is 0 Å². The maximum atomic E-state index is 11.9. The van der Waals surface area contributed by atoms with Crippen LogP contribution < -0.4 is 10.6 Å². The number of carbonyl (C=O) groups excluding carboxylic acids is 1. The fraction of sp³-hybridized carbons (Fsp3) is 0.393. The minimum absolute atomic E-state index is 0.0829. The Kier molecular flexibility index (Phi) is 6.29. The largest absolute Gasteiger partial charge is 0.379 e. The van der Waals surface area contributed by atoms with E-state index in [0.29, 0.717) is 17.6 Å². The van der Waals surface area contributed by atoms with Crippen LogP contribution in [0.5, 0.6) is 0 Å². The van der Waals surface area contributed by atoms with Gasteiger partial charge in [0.2, 0.25) is 0 Å². The molecule has 1 saturated carbocycles. The topological polar surface area (TPSA) is 95.2 Å². The van der Waals surface area contributed by atoms with Crippen LogP contribution >= 0.6 is 0 Å². The molecule has 2 aliphatic rings. The molecule has 186 valence electrons. The second-order valence-corrected chi connectivity index (χ2v) is 9.79. The van der Waals surface area contributed by atoms with E-state index in [1.165, 1.54) is 12.8 Å². The molecule has 0 spiro atoms. The molecular weight excluding hydrogens is 452 g/mol. The van der Waals surface area contributed by atoms with Crippen molar-refractivity contribution in [2.24, 2.45) is 0 Å². The fourth-order valence-corrected chi connectivity index (χ4v) is 5.69. The van der Waals surface area contributed by atoms with Crippen LogP contribution in [0.4, 0.5) is 5.82 Å². The molecule has 2 fully saturated rings. The summed E-state index contributed by atoms with van der Waals surface area (Å²) in [6.07, 6.45) is 6.32. The number of ether oxygens (including phenoxy) is 1. The molecule has 1 saturated heterocycles. The third kappa shape index (κ3) is 4.42. The number of aromatic amines is 1. The number of H-pyrrole nitrogens is 1. The summed E-state index contributed by atoms with van der Waals surface area (Å²) in [5.41, 5.74) is 4.68. The molecule has 0 unspecified atom stereocenters. The summed E-state index contributed by atoms with van der Waals surface area (Å²) in [5, 5.41) is 8.55. The maximum Gasteiger partial charge on any atom is 0.251 e. The van der Waals surface area contributed by atoms with Gasteiger partial charge in [-0.2, -0.15) is 0 Å². The van der Waals surface area contributed by atoms with E-state index in [2.05, 4.69) is 48.7 Å². The molecule has 0 bridgehead atoms. The fourth-order valence-electron chi connectivity index (χ4n) is 5.69. The number of hydrogen-bond acceptors (Lipinski definition) is 6. The lowest BCUT2D eigenvalue weighted by atomic mass is 9.90. The van der Waals surface area contributed by atoms with E-state index in [0.717, 1.165) is 78.0 Å². The predicted molar refractivity (Wildman–Crippen MR) is 142 cm³/mol. The Labute approximate surface area is 210 Å². The first-order chi connectivity index (χ1) is 17.7. The average molecular weight is 485 g/mol. The Morgan fingerprint density at radius 1 is 1.00 bits per heavy atom. The van der Waals surface area contributed by atoms with Crippen molar-refractivity contribution in [3.05, 3.63) is 54.4 Å². The monoisotopic (exact) mass is 484 g/mol. The number of hydrogen-bond donors (Lipinski definition) is 3. The van der Waals surface area contributed by atoms with E-state index in [-0.39, 0.29) is 5.91 Å². The highest BCUT2D eigenvalue weighted by molar-refractivity contribution is 6.12. The van der Waals surface area contributed by atoms with Crippen LogP contribution in [0.1, 0.15) is 36.0 Å². The number of fused-ring (bicyclic) bond motifs is 3. The van der Waals surface area contributed by atoms with Gasteiger partial charge in [0.25, 0.3) is 5.91 Å². The zero-order chi connectivity index (χ0) is 24.5. The zero-order valence-corrected chi connectivity index (χ0v) is 20.6. The summed E-state index contributed by atoms with van der Waals surface area (Å²) >= 11 is 0. The van der Waals surface area contributed by atoms with E-state index in [1.807, 2.05) is 24.3 Å². The number of amides is 1. The molecule has 3 N–H and O–H groups in total. The molecule has 1 aliphatic carbocycles. The Balaban J connectivity index is 1.25. The number of rotatable bonds is 5. The first-order valence-electron chi connectivity index (χ1n) is 12.9. The zero-order valence-electron chi connectivity index (χ0n) is 20.6. The quantitative estimate of drug-likeness (QED) is 0.393. The SMILES string of the molecule is CNC(=O)c1ccc(-c2ccc3[nH]c4ncnc(NC5CCC(N6CCOCC6)CC5)c4c3c2)cc1. The minimum atomic E-state index is -0.0829. The van der Waals surface area contributed by atoms with Gasteiger partial charge in [-0.25, -0.2) is 9.97 Å². The van der Waals surface area contributed by atoms with Crippen LogP contribution in [0, 0.1) is 0 Å². The number of carbonyl (C=O) groups is 1. The molecule has 8 nitrogen and oxygen atoms in total. The first-order valence-corrected chi connectivity index (χ1v) is 12.9. The number of aromatic nitrogens is 3. The Hall–Kier alpha value is -3.49. The molecule has 1 aliphatic heterocycles. The number of nitrogens with zero attached hydrogens (tertiary/aromatic N) is 3. The average Bonchev–Trinajstić information content (AvgIpc) is 3.32. The lowest BCUT2D eigenvalue weighted by Gasteiger charge is -2.39. The summed E-state index contributed by atoms with van der Waals surface area (Å²) in [6.45, 7) is 3.83. The lowest BCUT2D eigenvalue weighted by molar-refractivity contribution is 0.00791. The van der Waals surface area contributed by atoms with Gasteiger partial charge in [-0.05, 0) is 61.1 Å². The third-order valence-electron chi connectivity index (χ3n) is 7.70. The molecule has 2 aromatic carbocycles. The number of nitrogens with one attached hydrogen (secondary N) is 3. The number of anilines is 1. The van der Waals surface area contributed by atoms with Gasteiger partial charge in [0.1, 0.15) is 17.8 Å². The van der Waals surface area contributed by atoms with Crippen LogP contribution in [0.2, 0.25) is 0 Å². The van der Waals surface area contributed by atoms with Crippen molar-refractivity contribution in [2.75, 3.05) is 38.7 Å². The van der Waals surface area contributed by atoms with Crippen molar-refractivity contribution in [1.29, 1.82) is 0 Å². The molecule has 0 radical (unpaired) electrons. The lowest BCUT2D eigenvalue weighted by Crippen LogP contribution is -2.46. The van der Waals surface area contributed by atoms with Crippen LogP contribution in [0.25, 0.3) is 33.1 Å². The normalized spacial score (nSPS) is 21.0. The molecule has 1 amide bonds. The summed E-state index contributed by atoms with van der Waals surface area (Å²) < 4.78 is 5.53. The standard InChI is InChI=1S/C28H32N6O2/c1-29-28(35)19-4-2-18(3-5-19)20-6-11-24-23(16-20)25-26(30-17-31-27(25)33-24)32-21-7-9-22(10-8-21)34-12-14-36-15-13-34/h2-6,11,16-17,21-22H,7-10,12-15H2,1H3,(H,29,35)(H2,30,31,32,33). The second kappa shape index (κ2) is 9.87. The third-order valence-corrected chi connectivity index (χ3v) is 7.70. The summed E-state index contributed by atoms with van der Waals surface area (Å²) in [7, 11) is 1.64. The number of benzene rings is 2. The smallest absolute Gasteiger partial charge is 0.251 e. The molecule has 36 heavy (non-hydrogen) atoms. The van der Waals surface area contributed by atoms with E-state index in [1.54, 1.807) is 13.4 Å². The van der Waals surface area contributed by atoms with E-state index in [4.69, 9.17) is 4.74 Å². The van der Waals surface area contributed by atoms with Crippen LogP contribution in [0.3, 0.4) is 0 Å². The Morgan fingerprint density at radius 2 is 1.75 bits per heavy atom. The maximum absolute atomic E-state index is 11.9. The molecule has 3 heterocycles. The van der Waals surface area contributed by atoms with Crippen LogP contribution in [-0.4, -0.2) is 71.2 Å². The second-order valence-electron chi connectivity index (χ2n) is 9.79. The molecule has 0 atom stereocenters. The highest BCUT2D eigenvalue weighted by atomic mass is 16.5. The molecule has 6 rings (SSSR count). The summed E-state index contributed by atoms with van der Waals surface area (Å²) in [4.78, 5) is 27.1. The van der Waals surface area contributed by atoms with E-state index >= 15 is 0 Å². The van der Waals surface area contributed by atoms with Gasteiger partial charge in [-0.15, -0.1) is 0 Å². The van der Waals surface area contributed by atoms with Gasteiger partial charge in [0, 0.05) is 48.7 Å². The van der Waals surface area contributed by atoms with Crippen LogP contribution in [-0.2, 0) is 4.74 Å². The van der Waals surface area contributed by atoms with Gasteiger partial charge >= 0.3 is 0 Å². The first kappa shape index (κ1) is 22.9. The number of morpholine rings is 1. The van der Waals surface area contributed by atoms with Crippen molar-refractivity contribution in [3.8, 4) is 11.1 Å². The summed E-state index contributed by atoms with van der Waals surface area (Å²) in [5.74, 6) is 0.814. The van der Waals surface area contributed by atoms with Crippen molar-refractivity contribution < 1.29 is 9.53 Å². The van der Waals surface area contributed by atoms with Gasteiger partial charge in [-0.3, -0.25) is 9.69 Å². The van der Waals surface area contributed by atoms with Gasteiger partial charge in [0.05, 0.1) is 18.6 Å².